The van der Waals surface area contributed by atoms with Gasteiger partial charge in [-0.05, 0) is 12.1 Å². The molecule has 0 radical (unpaired) electrons. The Morgan fingerprint density at radius 2 is 2.19 bits per heavy atom. The van der Waals surface area contributed by atoms with Crippen molar-refractivity contribution >= 4 is 22.9 Å². The third-order valence-electron chi connectivity index (χ3n) is 3.01. The van der Waals surface area contributed by atoms with Crippen molar-refractivity contribution in [1.82, 2.24) is 14.9 Å². The molecule has 1 aromatic heterocycles. The van der Waals surface area contributed by atoms with E-state index in [1.54, 1.807) is 16.7 Å². The zero-order chi connectivity index (χ0) is 15.4. The second-order valence-electron chi connectivity index (χ2n) is 4.55. The highest BCUT2D eigenvalue weighted by Gasteiger charge is 2.22. The fourth-order valence-electron chi connectivity index (χ4n) is 2.15. The summed E-state index contributed by atoms with van der Waals surface area (Å²) >= 11 is 0. The number of carboxylic acids is 1. The molecular formula is C14H14N4O3. The van der Waals surface area contributed by atoms with Crippen LogP contribution in [0, 0.1) is 11.3 Å². The molecule has 0 aliphatic heterocycles. The van der Waals surface area contributed by atoms with E-state index >= 15 is 0 Å². The van der Waals surface area contributed by atoms with Crippen LogP contribution in [0.15, 0.2) is 24.3 Å². The van der Waals surface area contributed by atoms with Crippen LogP contribution in [0.25, 0.3) is 11.0 Å². The topological polar surface area (TPSA) is 108 Å². The van der Waals surface area contributed by atoms with E-state index in [1.807, 2.05) is 18.2 Å². The fraction of sp³-hybridized carbons (Fsp3) is 0.286. The first kappa shape index (κ1) is 14.5. The van der Waals surface area contributed by atoms with Gasteiger partial charge in [-0.25, -0.2) is 9.78 Å². The lowest BCUT2D eigenvalue weighted by Crippen LogP contribution is -2.42. The molecule has 0 fully saturated rings. The van der Waals surface area contributed by atoms with Gasteiger partial charge in [-0.15, -0.1) is 0 Å². The summed E-state index contributed by atoms with van der Waals surface area (Å²) in [4.78, 5) is 26.7. The van der Waals surface area contributed by atoms with Crippen LogP contribution in [0.4, 0.5) is 0 Å². The van der Waals surface area contributed by atoms with Gasteiger partial charge >= 0.3 is 5.97 Å². The lowest BCUT2D eigenvalue weighted by Gasteiger charge is -2.16. The summed E-state index contributed by atoms with van der Waals surface area (Å²) in [5.74, 6) is -1.07. The fourth-order valence-corrected chi connectivity index (χ4v) is 2.15. The van der Waals surface area contributed by atoms with E-state index < -0.39 is 17.9 Å². The molecule has 0 aliphatic carbocycles. The number of imidazole rings is 1. The summed E-state index contributed by atoms with van der Waals surface area (Å²) in [5.41, 5.74) is 1.43. The molecular weight excluding hydrogens is 272 g/mol. The van der Waals surface area contributed by atoms with Crippen molar-refractivity contribution in [3.63, 3.8) is 0 Å². The molecule has 1 unspecified atom stereocenters. The molecule has 1 heterocycles. The highest BCUT2D eigenvalue weighted by molar-refractivity contribution is 5.82. The third kappa shape index (κ3) is 3.17. The van der Waals surface area contributed by atoms with Gasteiger partial charge in [-0.3, -0.25) is 4.79 Å². The number of carboxylic acid groups (broad SMARTS) is 1. The standard InChI is InChI=1S/C14H14N4O3/c1-9(19)16-11(14(20)21)8-18-12-5-3-2-4-10(12)17-13(18)6-7-15/h2-5,11H,6,8H2,1H3,(H,16,19)(H,20,21). The van der Waals surface area contributed by atoms with Crippen molar-refractivity contribution in [1.29, 1.82) is 5.26 Å². The number of carbonyl (C=O) groups is 2. The minimum absolute atomic E-state index is 0.0203. The monoisotopic (exact) mass is 286 g/mol. The highest BCUT2D eigenvalue weighted by atomic mass is 16.4. The Hall–Kier alpha value is -2.88. The van der Waals surface area contributed by atoms with Gasteiger partial charge in [0.05, 0.1) is 30.1 Å². The Morgan fingerprint density at radius 1 is 1.48 bits per heavy atom. The number of para-hydroxylation sites is 2. The lowest BCUT2D eigenvalue weighted by atomic mass is 10.2. The first-order valence-corrected chi connectivity index (χ1v) is 6.34. The second kappa shape index (κ2) is 6.05. The second-order valence-corrected chi connectivity index (χ2v) is 4.55. The van der Waals surface area contributed by atoms with Crippen molar-refractivity contribution < 1.29 is 14.7 Å². The number of hydrogen-bond acceptors (Lipinski definition) is 4. The average Bonchev–Trinajstić information content (AvgIpc) is 2.76. The van der Waals surface area contributed by atoms with Gasteiger partial charge in [0.25, 0.3) is 0 Å². The minimum Gasteiger partial charge on any atom is -0.480 e. The molecule has 2 rings (SSSR count). The zero-order valence-electron chi connectivity index (χ0n) is 11.4. The maximum absolute atomic E-state index is 11.3. The average molecular weight is 286 g/mol. The summed E-state index contributed by atoms with van der Waals surface area (Å²) in [6, 6.07) is 8.16. The minimum atomic E-state index is -1.13. The predicted octanol–water partition coefficient (Wildman–Crippen LogP) is 0.692. The molecule has 1 atom stereocenters. The zero-order valence-corrected chi connectivity index (χ0v) is 11.4. The van der Waals surface area contributed by atoms with Crippen LogP contribution in [0.1, 0.15) is 12.7 Å². The van der Waals surface area contributed by atoms with Crippen molar-refractivity contribution in [3.8, 4) is 6.07 Å². The van der Waals surface area contributed by atoms with E-state index in [-0.39, 0.29) is 13.0 Å². The first-order chi connectivity index (χ1) is 10.0. The molecule has 0 aliphatic rings. The number of benzene rings is 1. The van der Waals surface area contributed by atoms with Crippen LogP contribution >= 0.6 is 0 Å². The summed E-state index contributed by atoms with van der Waals surface area (Å²) in [7, 11) is 0. The molecule has 1 aromatic carbocycles. The predicted molar refractivity (Wildman–Crippen MR) is 74.3 cm³/mol. The molecule has 2 aromatic rings. The van der Waals surface area contributed by atoms with Crippen molar-refractivity contribution in [2.24, 2.45) is 0 Å². The van der Waals surface area contributed by atoms with Gasteiger partial charge in [-0.2, -0.15) is 5.26 Å². The molecule has 0 saturated carbocycles. The Morgan fingerprint density at radius 3 is 2.81 bits per heavy atom. The largest absolute Gasteiger partial charge is 0.480 e. The van der Waals surface area contributed by atoms with Crippen molar-refractivity contribution in [3.05, 3.63) is 30.1 Å². The number of rotatable bonds is 5. The van der Waals surface area contributed by atoms with E-state index in [0.717, 1.165) is 5.52 Å². The Balaban J connectivity index is 2.43. The van der Waals surface area contributed by atoms with E-state index in [2.05, 4.69) is 10.3 Å². The maximum Gasteiger partial charge on any atom is 0.328 e. The Kier molecular flexibility index (Phi) is 4.18. The number of aliphatic carboxylic acids is 1. The normalized spacial score (nSPS) is 11.8. The maximum atomic E-state index is 11.3. The van der Waals surface area contributed by atoms with Gasteiger partial charge < -0.3 is 15.0 Å². The number of aromatic nitrogens is 2. The first-order valence-electron chi connectivity index (χ1n) is 6.34. The smallest absolute Gasteiger partial charge is 0.328 e. The van der Waals surface area contributed by atoms with E-state index in [0.29, 0.717) is 11.3 Å². The van der Waals surface area contributed by atoms with E-state index in [1.165, 1.54) is 6.92 Å². The molecule has 7 heteroatoms. The van der Waals surface area contributed by atoms with Crippen molar-refractivity contribution in [2.45, 2.75) is 25.9 Å². The SMILES string of the molecule is CC(=O)NC(Cn1c(CC#N)nc2ccccc21)C(=O)O. The van der Waals surface area contributed by atoms with Crippen LogP contribution in [0.5, 0.6) is 0 Å². The molecule has 0 saturated heterocycles. The van der Waals surface area contributed by atoms with Gasteiger partial charge in [-0.1, -0.05) is 12.1 Å². The van der Waals surface area contributed by atoms with Crippen LogP contribution in [-0.4, -0.2) is 32.6 Å². The molecule has 7 nitrogen and oxygen atoms in total. The van der Waals surface area contributed by atoms with E-state index in [9.17, 15) is 14.7 Å². The van der Waals surface area contributed by atoms with Gasteiger partial charge in [0.15, 0.2) is 0 Å². The summed E-state index contributed by atoms with van der Waals surface area (Å²) in [6.07, 6.45) is 0.0705. The molecule has 1 amide bonds. The number of carbonyl (C=O) groups excluding carboxylic acids is 1. The Labute approximate surface area is 120 Å². The number of hydrogen-bond donors (Lipinski definition) is 2. The number of nitrogens with zero attached hydrogens (tertiary/aromatic N) is 3. The Bertz CT molecular complexity index is 729. The molecule has 2 N–H and O–H groups in total. The van der Waals surface area contributed by atoms with Crippen LogP contribution < -0.4 is 5.32 Å². The quantitative estimate of drug-likeness (QED) is 0.840. The van der Waals surface area contributed by atoms with E-state index in [4.69, 9.17) is 5.26 Å². The summed E-state index contributed by atoms with van der Waals surface area (Å²) in [6.45, 7) is 1.28. The molecule has 0 bridgehead atoms. The summed E-state index contributed by atoms with van der Waals surface area (Å²) in [5, 5.41) is 20.5. The van der Waals surface area contributed by atoms with Crippen LogP contribution in [0.2, 0.25) is 0 Å². The van der Waals surface area contributed by atoms with Gasteiger partial charge in [0, 0.05) is 6.92 Å². The number of nitrogens with one attached hydrogen (secondary N) is 1. The molecule has 108 valence electrons. The molecule has 0 spiro atoms. The van der Waals surface area contributed by atoms with Crippen LogP contribution in [0.3, 0.4) is 0 Å². The number of amides is 1. The lowest BCUT2D eigenvalue weighted by molar-refractivity contribution is -0.141. The highest BCUT2D eigenvalue weighted by Crippen LogP contribution is 2.17. The summed E-state index contributed by atoms with van der Waals surface area (Å²) < 4.78 is 1.66. The molecule has 21 heavy (non-hydrogen) atoms. The third-order valence-corrected chi connectivity index (χ3v) is 3.01. The van der Waals surface area contributed by atoms with Gasteiger partial charge in [0.2, 0.25) is 5.91 Å². The number of nitriles is 1. The number of fused-ring (bicyclic) bond motifs is 1. The van der Waals surface area contributed by atoms with Crippen molar-refractivity contribution in [2.75, 3.05) is 0 Å². The van der Waals surface area contributed by atoms with Gasteiger partial charge in [0.1, 0.15) is 11.9 Å². The van der Waals surface area contributed by atoms with Crippen LogP contribution in [-0.2, 0) is 22.6 Å².